The van der Waals surface area contributed by atoms with Gasteiger partial charge in [0.15, 0.2) is 23.3 Å². The molecule has 63 heavy (non-hydrogen) atoms. The Morgan fingerprint density at radius 3 is 1.70 bits per heavy atom. The number of hydrogen-bond acceptors (Lipinski definition) is 13. The van der Waals surface area contributed by atoms with Crippen molar-refractivity contribution in [3.8, 4) is 22.6 Å². The average Bonchev–Trinajstić information content (AvgIpc) is 4.17. The van der Waals surface area contributed by atoms with Crippen molar-refractivity contribution >= 4 is 22.7 Å². The molecule has 8 aromatic rings. The highest BCUT2D eigenvalue weighted by atomic mass is 32.1. The number of aryl methyl sites for hydroxylation is 3. The van der Waals surface area contributed by atoms with Gasteiger partial charge < -0.3 is 4.42 Å². The van der Waals surface area contributed by atoms with E-state index in [0.29, 0.717) is 40.0 Å². The van der Waals surface area contributed by atoms with E-state index < -0.39 is 20.9 Å². The van der Waals surface area contributed by atoms with Crippen molar-refractivity contribution in [1.82, 2.24) is 64.7 Å². The van der Waals surface area contributed by atoms with E-state index in [1.54, 1.807) is 28.9 Å². The Balaban J connectivity index is 0.000000230. The Kier molecular flexibility index (Phi) is 16.5. The quantitative estimate of drug-likeness (QED) is 0.143. The Hall–Kier alpha value is -5.74. The summed E-state index contributed by atoms with van der Waals surface area (Å²) in [5.74, 6) is 4.94. The molecule has 0 aliphatic rings. The van der Waals surface area contributed by atoms with E-state index in [0.717, 1.165) is 32.3 Å². The van der Waals surface area contributed by atoms with Crippen LogP contribution in [0.5, 0.6) is 0 Å². The van der Waals surface area contributed by atoms with Gasteiger partial charge >= 0.3 is 0 Å². The maximum atomic E-state index is 7.12. The van der Waals surface area contributed by atoms with Gasteiger partial charge in [-0.15, -0.1) is 32.9 Å². The fourth-order valence-electron chi connectivity index (χ4n) is 4.74. The summed E-state index contributed by atoms with van der Waals surface area (Å²) < 4.78 is 70.8. The molecule has 0 spiro atoms. The first kappa shape index (κ1) is 38.9. The number of tetrazole rings is 1. The number of benzene rings is 2. The summed E-state index contributed by atoms with van der Waals surface area (Å²) in [5.41, 5.74) is 3.38. The highest BCUT2D eigenvalue weighted by molar-refractivity contribution is 7.10. The third-order valence-electron chi connectivity index (χ3n) is 8.17. The molecule has 6 heterocycles. The average molecular weight is 903 g/mol. The van der Waals surface area contributed by atoms with Crippen molar-refractivity contribution in [1.29, 1.82) is 0 Å². The molecule has 338 valence electrons. The van der Waals surface area contributed by atoms with Crippen molar-refractivity contribution in [2.45, 2.75) is 119 Å². The van der Waals surface area contributed by atoms with Gasteiger partial charge in [-0.3, -0.25) is 9.36 Å². The summed E-state index contributed by atoms with van der Waals surface area (Å²) in [6.45, 7) is 17.4. The number of rotatable bonds is 8. The van der Waals surface area contributed by atoms with Gasteiger partial charge in [-0.05, 0) is 5.21 Å². The second-order valence-electron chi connectivity index (χ2n) is 15.7. The van der Waals surface area contributed by atoms with E-state index in [1.807, 2.05) is 102 Å². The van der Waals surface area contributed by atoms with Crippen LogP contribution in [-0.2, 0) is 20.9 Å². The van der Waals surface area contributed by atoms with Crippen LogP contribution in [0.1, 0.15) is 164 Å². The Morgan fingerprint density at radius 1 is 0.619 bits per heavy atom. The lowest BCUT2D eigenvalue weighted by Crippen LogP contribution is -2.00. The van der Waals surface area contributed by atoms with E-state index in [9.17, 15) is 0 Å². The van der Waals surface area contributed by atoms with Crippen LogP contribution in [0.3, 0.4) is 0 Å². The van der Waals surface area contributed by atoms with Crippen LogP contribution in [0.4, 0.5) is 0 Å². The molecule has 0 fully saturated rings. The minimum atomic E-state index is -2.32. The van der Waals surface area contributed by atoms with E-state index in [1.165, 1.54) is 28.2 Å². The Bertz CT molecular complexity index is 2560. The fraction of sp³-hybridized carbons (Fsp3) is 0.447. The molecular weight excluding hydrogens is 827 g/mol. The summed E-state index contributed by atoms with van der Waals surface area (Å²) in [6, 6.07) is 20.3. The number of hydrogen-bond donors (Lipinski definition) is 0. The number of thiazole rings is 2. The largest absolute Gasteiger partial charge is 0.440 e. The van der Waals surface area contributed by atoms with Gasteiger partial charge in [0.2, 0.25) is 0 Å². The third kappa shape index (κ3) is 18.3. The fourth-order valence-corrected chi connectivity index (χ4v) is 6.24. The lowest BCUT2D eigenvalue weighted by Gasteiger charge is -2.00. The molecule has 0 bridgehead atoms. The number of nitrogens with zero attached hydrogens (tertiary/aromatic N) is 13. The predicted octanol–water partition coefficient (Wildman–Crippen LogP) is 11.9. The van der Waals surface area contributed by atoms with Gasteiger partial charge in [0.25, 0.3) is 0 Å². The van der Waals surface area contributed by atoms with Gasteiger partial charge in [-0.1, -0.05) is 144 Å². The Labute approximate surface area is 395 Å². The molecular formula is C47H67N13OS2. The molecule has 0 aliphatic carbocycles. The van der Waals surface area contributed by atoms with Gasteiger partial charge in [-0.2, -0.15) is 15.0 Å². The van der Waals surface area contributed by atoms with Crippen molar-refractivity contribution in [2.24, 2.45) is 20.9 Å². The molecule has 8 rings (SSSR count). The lowest BCUT2D eigenvalue weighted by molar-refractivity contribution is 0.481. The van der Waals surface area contributed by atoms with Crippen molar-refractivity contribution in [2.75, 3.05) is 0 Å². The molecule has 0 radical (unpaired) electrons. The SMILES string of the molecule is CC(C)c1nc(-c2ccccc2)cs1.CC(C)c1ncc(-c2ccccc2)o1.CC(C)c1nccs1.[2H]C([2H])([2H])n1cnc(C(C)C)n1.[2H]C([2H])([2H])n1ncnc1C(C)C.[2H]C([2H])([2H])n1nnc(C(C)C)n1. The number of oxazole rings is 1. The third-order valence-corrected chi connectivity index (χ3v) is 10.4. The summed E-state index contributed by atoms with van der Waals surface area (Å²) in [7, 11) is 0. The Morgan fingerprint density at radius 2 is 1.29 bits per heavy atom. The van der Waals surface area contributed by atoms with Crippen LogP contribution < -0.4 is 0 Å². The first-order valence-electron chi connectivity index (χ1n) is 25.1. The summed E-state index contributed by atoms with van der Waals surface area (Å²) in [6.07, 6.45) is 6.13. The normalized spacial score (nSPS) is 13.4. The molecule has 0 aliphatic heterocycles. The molecule has 0 saturated heterocycles. The highest BCUT2D eigenvalue weighted by Crippen LogP contribution is 2.26. The van der Waals surface area contributed by atoms with Crippen LogP contribution in [0.2, 0.25) is 0 Å². The number of aromatic nitrogens is 13. The lowest BCUT2D eigenvalue weighted by atomic mass is 10.2. The van der Waals surface area contributed by atoms with Gasteiger partial charge in [0.1, 0.15) is 18.5 Å². The van der Waals surface area contributed by atoms with Crippen molar-refractivity contribution in [3.63, 3.8) is 0 Å². The molecule has 16 heteroatoms. The molecule has 0 amide bonds. The zero-order valence-corrected chi connectivity index (χ0v) is 39.9. The predicted molar refractivity (Wildman–Crippen MR) is 257 cm³/mol. The van der Waals surface area contributed by atoms with Gasteiger partial charge in [0, 0.05) is 89.9 Å². The zero-order chi connectivity index (χ0) is 54.0. The minimum Gasteiger partial charge on any atom is -0.440 e. The molecule has 0 atom stereocenters. The van der Waals surface area contributed by atoms with E-state index >= 15 is 0 Å². The van der Waals surface area contributed by atoms with Crippen molar-refractivity contribution < 1.29 is 16.8 Å². The second-order valence-corrected chi connectivity index (χ2v) is 17.5. The standard InChI is InChI=1S/C12H13NO.C12H13NS.2C6H11N3.C6H9NS.C5H10N4/c1-9(2)12-13-8-11(14-12)10-6-4-3-5-7-10;1-9(2)12-13-11(8-14-12)10-6-4-3-5-7-10;1-5(2)6-7-4-9(3)8-6;1-5(2)6-7-4-8-9(6)3;1-5(2)6-7-3-4-8-6;1-4(2)5-6-8-9(3)7-5/h2*3-9H,1-2H3;2*4-5H,1-3H3;3-5H,1-2H3;4H,1-3H3/i;;2*3D3;;3D3. The topological polar surface area (TPSA) is 157 Å². The van der Waals surface area contributed by atoms with E-state index in [4.69, 9.17) is 16.8 Å². The minimum absolute atomic E-state index is 0.0768. The smallest absolute Gasteiger partial charge is 0.197 e. The highest BCUT2D eigenvalue weighted by Gasteiger charge is 2.09. The van der Waals surface area contributed by atoms with E-state index in [-0.39, 0.29) is 17.8 Å². The molecule has 2 aromatic carbocycles. The summed E-state index contributed by atoms with van der Waals surface area (Å²) in [4.78, 5) is 21.4. The second kappa shape index (κ2) is 26.7. The first-order valence-corrected chi connectivity index (χ1v) is 22.4. The zero-order valence-electron chi connectivity index (χ0n) is 47.2. The van der Waals surface area contributed by atoms with Crippen LogP contribution in [-0.4, -0.2) is 64.7 Å². The maximum absolute atomic E-state index is 7.12. The van der Waals surface area contributed by atoms with Gasteiger partial charge in [-0.25, -0.2) is 24.9 Å². The van der Waals surface area contributed by atoms with Crippen molar-refractivity contribution in [3.05, 3.63) is 130 Å². The van der Waals surface area contributed by atoms with Crippen LogP contribution >= 0.6 is 22.7 Å². The van der Waals surface area contributed by atoms with Crippen LogP contribution in [0.25, 0.3) is 22.6 Å². The van der Waals surface area contributed by atoms with Crippen LogP contribution in [0, 0.1) is 0 Å². The molecule has 0 N–H and O–H groups in total. The molecule has 0 saturated carbocycles. The van der Waals surface area contributed by atoms with E-state index in [2.05, 4.69) is 110 Å². The maximum Gasteiger partial charge on any atom is 0.197 e. The monoisotopic (exact) mass is 903 g/mol. The molecule has 0 unspecified atom stereocenters. The summed E-state index contributed by atoms with van der Waals surface area (Å²) in [5, 5.41) is 24.8. The summed E-state index contributed by atoms with van der Waals surface area (Å²) >= 11 is 3.46. The van der Waals surface area contributed by atoms with Gasteiger partial charge in [0.05, 0.1) is 28.9 Å². The molecule has 14 nitrogen and oxygen atoms in total. The van der Waals surface area contributed by atoms with Crippen LogP contribution in [0.15, 0.2) is 101 Å². The first-order chi connectivity index (χ1) is 33.6. The molecule has 6 aromatic heterocycles.